The summed E-state index contributed by atoms with van der Waals surface area (Å²) in [6.07, 6.45) is 0. The molecular weight excluding hydrogens is 224 g/mol. The Morgan fingerprint density at radius 2 is 2.00 bits per heavy atom. The van der Waals surface area contributed by atoms with Gasteiger partial charge in [-0.15, -0.1) is 0 Å². The second-order valence-corrected chi connectivity index (χ2v) is 5.58. The Morgan fingerprint density at radius 3 is 2.50 bits per heavy atom. The molecule has 0 bridgehead atoms. The predicted octanol–water partition coefficient (Wildman–Crippen LogP) is 2.25. The Hall–Kier alpha value is -1.35. The number of hydrogen-bond acceptors (Lipinski definition) is 2. The van der Waals surface area contributed by atoms with Gasteiger partial charge in [0.2, 0.25) is 5.91 Å². The second-order valence-electron chi connectivity index (χ2n) is 5.58. The van der Waals surface area contributed by atoms with Crippen molar-refractivity contribution in [2.75, 3.05) is 6.54 Å². The molecule has 0 fully saturated rings. The first kappa shape index (κ1) is 14.7. The van der Waals surface area contributed by atoms with E-state index < -0.39 is 5.54 Å². The first-order chi connectivity index (χ1) is 8.27. The van der Waals surface area contributed by atoms with Crippen LogP contribution in [0.3, 0.4) is 0 Å². The Bertz CT molecular complexity index is 440. The molecule has 18 heavy (non-hydrogen) atoms. The third-order valence-electron chi connectivity index (χ3n) is 3.29. The maximum atomic E-state index is 11.9. The minimum Gasteiger partial charge on any atom is -0.368 e. The lowest BCUT2D eigenvalue weighted by Crippen LogP contribution is -2.51. The van der Waals surface area contributed by atoms with Gasteiger partial charge in [0, 0.05) is 0 Å². The zero-order chi connectivity index (χ0) is 13.9. The van der Waals surface area contributed by atoms with Crippen molar-refractivity contribution in [3.8, 4) is 0 Å². The molecule has 0 saturated heterocycles. The minimum atomic E-state index is -0.805. The van der Waals surface area contributed by atoms with Gasteiger partial charge in [-0.3, -0.25) is 10.1 Å². The summed E-state index contributed by atoms with van der Waals surface area (Å²) in [6.45, 7) is 10.9. The number of carbonyl (C=O) groups is 1. The molecule has 1 aromatic rings. The summed E-state index contributed by atoms with van der Waals surface area (Å²) >= 11 is 0. The lowest BCUT2D eigenvalue weighted by molar-refractivity contribution is -0.124. The van der Waals surface area contributed by atoms with E-state index in [4.69, 9.17) is 5.73 Å². The van der Waals surface area contributed by atoms with Crippen molar-refractivity contribution < 1.29 is 4.79 Å². The molecule has 1 aromatic carbocycles. The second kappa shape index (κ2) is 5.53. The summed E-state index contributed by atoms with van der Waals surface area (Å²) in [4.78, 5) is 11.9. The van der Waals surface area contributed by atoms with Crippen molar-refractivity contribution in [2.24, 2.45) is 11.7 Å². The molecule has 1 atom stereocenters. The summed E-state index contributed by atoms with van der Waals surface area (Å²) in [5.41, 5.74) is 7.99. The van der Waals surface area contributed by atoms with E-state index in [9.17, 15) is 4.79 Å². The van der Waals surface area contributed by atoms with Crippen molar-refractivity contribution in [1.29, 1.82) is 0 Å². The fourth-order valence-electron chi connectivity index (χ4n) is 2.00. The van der Waals surface area contributed by atoms with Crippen LogP contribution in [0.5, 0.6) is 0 Å². The third-order valence-corrected chi connectivity index (χ3v) is 3.29. The number of primary amides is 1. The number of nitrogens with one attached hydrogen (secondary N) is 1. The van der Waals surface area contributed by atoms with Gasteiger partial charge >= 0.3 is 0 Å². The number of hydrogen-bond donors (Lipinski definition) is 2. The molecule has 100 valence electrons. The maximum absolute atomic E-state index is 11.9. The first-order valence-electron chi connectivity index (χ1n) is 6.40. The highest BCUT2D eigenvalue weighted by molar-refractivity contribution is 5.86. The van der Waals surface area contributed by atoms with Crippen LogP contribution < -0.4 is 11.1 Å². The van der Waals surface area contributed by atoms with Crippen LogP contribution in [0, 0.1) is 19.8 Å². The zero-order valence-electron chi connectivity index (χ0n) is 12.0. The number of nitrogens with two attached hydrogens (primary N) is 1. The van der Waals surface area contributed by atoms with Crippen LogP contribution in [0.2, 0.25) is 0 Å². The number of carbonyl (C=O) groups excluding carboxylic acids is 1. The van der Waals surface area contributed by atoms with Crippen LogP contribution >= 0.6 is 0 Å². The number of amides is 1. The van der Waals surface area contributed by atoms with Gasteiger partial charge in [0.05, 0.1) is 0 Å². The van der Waals surface area contributed by atoms with Crippen molar-refractivity contribution in [2.45, 2.75) is 40.2 Å². The molecule has 0 heterocycles. The Balaban J connectivity index is 3.18. The Morgan fingerprint density at radius 1 is 1.39 bits per heavy atom. The highest BCUT2D eigenvalue weighted by Crippen LogP contribution is 2.25. The fourth-order valence-corrected chi connectivity index (χ4v) is 2.00. The van der Waals surface area contributed by atoms with Crippen LogP contribution in [-0.4, -0.2) is 12.5 Å². The molecule has 0 aliphatic carbocycles. The van der Waals surface area contributed by atoms with Gasteiger partial charge in [0.1, 0.15) is 5.54 Å². The normalized spacial score (nSPS) is 14.6. The van der Waals surface area contributed by atoms with E-state index in [-0.39, 0.29) is 5.91 Å². The molecule has 0 spiro atoms. The van der Waals surface area contributed by atoms with Crippen molar-refractivity contribution >= 4 is 5.91 Å². The van der Waals surface area contributed by atoms with Gasteiger partial charge in [0.15, 0.2) is 0 Å². The van der Waals surface area contributed by atoms with Gasteiger partial charge in [-0.2, -0.15) is 0 Å². The molecule has 3 heteroatoms. The Labute approximate surface area is 110 Å². The monoisotopic (exact) mass is 248 g/mol. The van der Waals surface area contributed by atoms with E-state index in [1.54, 1.807) is 0 Å². The highest BCUT2D eigenvalue weighted by atomic mass is 16.1. The lowest BCUT2D eigenvalue weighted by Gasteiger charge is -2.30. The largest absolute Gasteiger partial charge is 0.368 e. The Kier molecular flexibility index (Phi) is 4.52. The van der Waals surface area contributed by atoms with Crippen LogP contribution in [0.25, 0.3) is 0 Å². The zero-order valence-corrected chi connectivity index (χ0v) is 12.0. The standard InChI is InChI=1S/C15H24N2O/c1-10(2)9-17-15(5,14(16)18)13-8-11(3)6-7-12(13)4/h6-8,10,17H,9H2,1-5H3,(H2,16,18). The molecule has 0 aromatic heterocycles. The number of aryl methyl sites for hydroxylation is 2. The van der Waals surface area contributed by atoms with Crippen LogP contribution in [0.15, 0.2) is 18.2 Å². The van der Waals surface area contributed by atoms with Crippen molar-refractivity contribution in [3.05, 3.63) is 34.9 Å². The van der Waals surface area contributed by atoms with E-state index in [0.29, 0.717) is 5.92 Å². The SMILES string of the molecule is Cc1ccc(C)c(C(C)(NCC(C)C)C(N)=O)c1. The molecule has 0 radical (unpaired) electrons. The first-order valence-corrected chi connectivity index (χ1v) is 6.40. The average molecular weight is 248 g/mol. The van der Waals surface area contributed by atoms with E-state index >= 15 is 0 Å². The van der Waals surface area contributed by atoms with Crippen LogP contribution in [0.4, 0.5) is 0 Å². The summed E-state index contributed by atoms with van der Waals surface area (Å²) in [7, 11) is 0. The van der Waals surface area contributed by atoms with Gasteiger partial charge in [-0.1, -0.05) is 37.6 Å². The van der Waals surface area contributed by atoms with Crippen LogP contribution in [0.1, 0.15) is 37.5 Å². The molecule has 0 aliphatic rings. The molecule has 1 amide bonds. The van der Waals surface area contributed by atoms with Crippen molar-refractivity contribution in [1.82, 2.24) is 5.32 Å². The number of benzene rings is 1. The molecule has 3 N–H and O–H groups in total. The molecule has 1 unspecified atom stereocenters. The lowest BCUT2D eigenvalue weighted by atomic mass is 9.86. The van der Waals surface area contributed by atoms with E-state index in [1.807, 2.05) is 39.0 Å². The van der Waals surface area contributed by atoms with Gasteiger partial charge < -0.3 is 5.73 Å². The van der Waals surface area contributed by atoms with Crippen molar-refractivity contribution in [3.63, 3.8) is 0 Å². The molecule has 0 saturated carbocycles. The molecule has 1 rings (SSSR count). The predicted molar refractivity (Wildman–Crippen MR) is 75.3 cm³/mol. The molecule has 3 nitrogen and oxygen atoms in total. The summed E-state index contributed by atoms with van der Waals surface area (Å²) < 4.78 is 0. The summed E-state index contributed by atoms with van der Waals surface area (Å²) in [5, 5.41) is 3.30. The van der Waals surface area contributed by atoms with Gasteiger partial charge in [0.25, 0.3) is 0 Å². The van der Waals surface area contributed by atoms with E-state index in [1.165, 1.54) is 0 Å². The summed E-state index contributed by atoms with van der Waals surface area (Å²) in [5.74, 6) is 0.130. The molecule has 0 aliphatic heterocycles. The van der Waals surface area contributed by atoms with Gasteiger partial charge in [-0.25, -0.2) is 0 Å². The fraction of sp³-hybridized carbons (Fsp3) is 0.533. The summed E-state index contributed by atoms with van der Waals surface area (Å²) in [6, 6.07) is 6.11. The maximum Gasteiger partial charge on any atom is 0.242 e. The average Bonchev–Trinajstić information content (AvgIpc) is 2.29. The topological polar surface area (TPSA) is 55.1 Å². The number of rotatable bonds is 5. The van der Waals surface area contributed by atoms with Gasteiger partial charge in [-0.05, 0) is 44.4 Å². The van der Waals surface area contributed by atoms with E-state index in [2.05, 4.69) is 19.2 Å². The van der Waals surface area contributed by atoms with E-state index in [0.717, 1.165) is 23.2 Å². The highest BCUT2D eigenvalue weighted by Gasteiger charge is 2.34. The minimum absolute atomic E-state index is 0.336. The quantitative estimate of drug-likeness (QED) is 0.839. The third kappa shape index (κ3) is 3.10. The smallest absolute Gasteiger partial charge is 0.242 e. The van der Waals surface area contributed by atoms with Crippen LogP contribution in [-0.2, 0) is 10.3 Å². The molecular formula is C15H24N2O.